The molecule has 1 aromatic heterocycles. The van der Waals surface area contributed by atoms with Gasteiger partial charge in [0.25, 0.3) is 5.56 Å². The molecule has 170 valence electrons. The van der Waals surface area contributed by atoms with Gasteiger partial charge >= 0.3 is 0 Å². The second-order valence-corrected chi connectivity index (χ2v) is 9.67. The lowest BCUT2D eigenvalue weighted by molar-refractivity contribution is -0.123. The van der Waals surface area contributed by atoms with Crippen LogP contribution in [0.5, 0.6) is 0 Å². The third-order valence-corrected chi connectivity index (χ3v) is 7.50. The molecule has 1 N–H and O–H groups in total. The van der Waals surface area contributed by atoms with E-state index in [1.807, 2.05) is 24.3 Å². The summed E-state index contributed by atoms with van der Waals surface area (Å²) in [7, 11) is 0. The highest BCUT2D eigenvalue weighted by Crippen LogP contribution is 2.23. The smallest absolute Gasteiger partial charge is 0.269 e. The summed E-state index contributed by atoms with van der Waals surface area (Å²) in [5, 5.41) is 3.69. The third-order valence-electron chi connectivity index (χ3n) is 6.27. The summed E-state index contributed by atoms with van der Waals surface area (Å²) < 4.78 is 2.49. The molecule has 7 heteroatoms. The number of nitrogens with one attached hydrogen (secondary N) is 1. The summed E-state index contributed by atoms with van der Waals surface area (Å²) in [5.74, 6) is -0.0987. The van der Waals surface area contributed by atoms with Crippen LogP contribution in [0.15, 0.2) is 47.3 Å². The monoisotopic (exact) mass is 452 g/mol. The number of hydrogen-bond acceptors (Lipinski definition) is 5. The van der Waals surface area contributed by atoms with E-state index in [1.165, 1.54) is 28.3 Å². The fraction of sp³-hybridized carbons (Fsp3) is 0.440. The molecule has 1 atom stereocenters. The zero-order valence-electron chi connectivity index (χ0n) is 19.1. The van der Waals surface area contributed by atoms with Gasteiger partial charge in [-0.05, 0) is 63.1 Å². The van der Waals surface area contributed by atoms with E-state index >= 15 is 0 Å². The van der Waals surface area contributed by atoms with Gasteiger partial charge in [-0.3, -0.25) is 18.4 Å². The van der Waals surface area contributed by atoms with Crippen molar-refractivity contribution in [2.75, 3.05) is 44.2 Å². The molecule has 2 heterocycles. The van der Waals surface area contributed by atoms with Gasteiger partial charge in [0.1, 0.15) is 6.04 Å². The van der Waals surface area contributed by atoms with Crippen molar-refractivity contribution in [3.8, 4) is 0 Å². The summed E-state index contributed by atoms with van der Waals surface area (Å²) in [6.07, 6.45) is 0.906. The summed E-state index contributed by atoms with van der Waals surface area (Å²) in [6.45, 7) is 11.8. The van der Waals surface area contributed by atoms with Gasteiger partial charge in [0, 0.05) is 38.4 Å². The average Bonchev–Trinajstić information content (AvgIpc) is 3.14. The molecule has 1 amide bonds. The largest absolute Gasteiger partial charge is 0.369 e. The molecule has 1 fully saturated rings. The van der Waals surface area contributed by atoms with Crippen molar-refractivity contribution in [1.29, 1.82) is 0 Å². The molecule has 0 radical (unpaired) electrons. The molecule has 32 heavy (non-hydrogen) atoms. The van der Waals surface area contributed by atoms with Crippen molar-refractivity contribution < 1.29 is 4.79 Å². The molecular formula is C25H32N4O2S. The maximum Gasteiger partial charge on any atom is 0.269 e. The fourth-order valence-electron chi connectivity index (χ4n) is 4.28. The Bertz CT molecular complexity index is 1140. The van der Waals surface area contributed by atoms with Crippen LogP contribution >= 0.6 is 11.5 Å². The highest BCUT2D eigenvalue weighted by molar-refractivity contribution is 7.14. The maximum absolute atomic E-state index is 12.6. The fourth-order valence-corrected chi connectivity index (χ4v) is 5.33. The van der Waals surface area contributed by atoms with Crippen LogP contribution in [-0.2, 0) is 4.79 Å². The number of aryl methyl sites for hydroxylation is 2. The Morgan fingerprint density at radius 2 is 1.84 bits per heavy atom. The first kappa shape index (κ1) is 22.6. The second kappa shape index (κ2) is 9.88. The lowest BCUT2D eigenvalue weighted by atomic mass is 10.1. The van der Waals surface area contributed by atoms with Crippen LogP contribution in [0, 0.1) is 13.8 Å². The Labute approximate surface area is 193 Å². The van der Waals surface area contributed by atoms with E-state index in [4.69, 9.17) is 0 Å². The lowest BCUT2D eigenvalue weighted by Gasteiger charge is -2.37. The normalized spacial score (nSPS) is 15.8. The number of piperazine rings is 1. The average molecular weight is 453 g/mol. The van der Waals surface area contributed by atoms with Gasteiger partial charge in [-0.2, -0.15) is 0 Å². The van der Waals surface area contributed by atoms with Crippen LogP contribution in [0.3, 0.4) is 0 Å². The van der Waals surface area contributed by atoms with E-state index in [-0.39, 0.29) is 11.5 Å². The summed E-state index contributed by atoms with van der Waals surface area (Å²) in [6, 6.07) is 13.7. The molecule has 1 saturated heterocycles. The van der Waals surface area contributed by atoms with E-state index in [1.54, 1.807) is 10.9 Å². The number of benzene rings is 2. The Balaban J connectivity index is 1.22. The number of anilines is 1. The van der Waals surface area contributed by atoms with Crippen LogP contribution in [0.2, 0.25) is 0 Å². The quantitative estimate of drug-likeness (QED) is 0.557. The molecule has 3 aromatic rings. The zero-order valence-corrected chi connectivity index (χ0v) is 20.0. The maximum atomic E-state index is 12.6. The lowest BCUT2D eigenvalue weighted by Crippen LogP contribution is -2.47. The van der Waals surface area contributed by atoms with Gasteiger partial charge in [-0.25, -0.2) is 0 Å². The Morgan fingerprint density at radius 3 is 2.59 bits per heavy atom. The molecule has 0 aliphatic carbocycles. The van der Waals surface area contributed by atoms with E-state index in [0.717, 1.165) is 43.8 Å². The summed E-state index contributed by atoms with van der Waals surface area (Å²) >= 11 is 1.35. The van der Waals surface area contributed by atoms with Gasteiger partial charge < -0.3 is 10.2 Å². The second-order valence-electron chi connectivity index (χ2n) is 8.66. The standard InChI is InChI=1S/C25H32N4O2S/c1-18-9-10-19(2)22(17-18)28-15-13-27(14-16-28)12-6-11-26-24(30)20(3)29-25(31)21-7-4-5-8-23(21)32-29/h4-5,7-10,17,20H,6,11-16H2,1-3H3,(H,26,30). The first-order valence-electron chi connectivity index (χ1n) is 11.4. The van der Waals surface area contributed by atoms with E-state index < -0.39 is 6.04 Å². The number of hydrogen-bond donors (Lipinski definition) is 1. The Morgan fingerprint density at radius 1 is 1.09 bits per heavy atom. The molecule has 1 aliphatic rings. The van der Waals surface area contributed by atoms with Crippen LogP contribution in [0.1, 0.15) is 30.5 Å². The number of fused-ring (bicyclic) bond motifs is 1. The number of carbonyl (C=O) groups excluding carboxylic acids is 1. The topological polar surface area (TPSA) is 57.6 Å². The summed E-state index contributed by atoms with van der Waals surface area (Å²) in [5.41, 5.74) is 3.90. The van der Waals surface area contributed by atoms with Crippen molar-refractivity contribution in [2.24, 2.45) is 0 Å². The molecule has 0 bridgehead atoms. The minimum atomic E-state index is -0.499. The number of nitrogens with zero attached hydrogens (tertiary/aromatic N) is 3. The van der Waals surface area contributed by atoms with Crippen LogP contribution < -0.4 is 15.8 Å². The number of aromatic nitrogens is 1. The van der Waals surface area contributed by atoms with Gasteiger partial charge in [0.2, 0.25) is 5.91 Å². The Kier molecular flexibility index (Phi) is 6.96. The van der Waals surface area contributed by atoms with Gasteiger partial charge in [-0.1, -0.05) is 35.8 Å². The molecule has 2 aromatic carbocycles. The molecule has 0 spiro atoms. The molecule has 1 aliphatic heterocycles. The van der Waals surface area contributed by atoms with Crippen molar-refractivity contribution in [1.82, 2.24) is 14.2 Å². The molecule has 1 unspecified atom stereocenters. The molecule has 4 rings (SSSR count). The Hall–Kier alpha value is -2.64. The first-order chi connectivity index (χ1) is 15.4. The summed E-state index contributed by atoms with van der Waals surface area (Å²) in [4.78, 5) is 30.1. The highest BCUT2D eigenvalue weighted by atomic mass is 32.1. The predicted molar refractivity (Wildman–Crippen MR) is 133 cm³/mol. The SMILES string of the molecule is Cc1ccc(C)c(N2CCN(CCCNC(=O)C(C)n3sc4ccccc4c3=O)CC2)c1. The van der Waals surface area contributed by atoms with Crippen LogP contribution in [-0.4, -0.2) is 54.0 Å². The van der Waals surface area contributed by atoms with Crippen molar-refractivity contribution in [3.05, 3.63) is 63.9 Å². The minimum absolute atomic E-state index is 0.0880. The van der Waals surface area contributed by atoms with Gasteiger partial charge in [0.15, 0.2) is 0 Å². The highest BCUT2D eigenvalue weighted by Gasteiger charge is 2.20. The molecular weight excluding hydrogens is 420 g/mol. The number of carbonyl (C=O) groups is 1. The van der Waals surface area contributed by atoms with Crippen molar-refractivity contribution >= 4 is 33.2 Å². The van der Waals surface area contributed by atoms with E-state index in [2.05, 4.69) is 47.2 Å². The van der Waals surface area contributed by atoms with Gasteiger partial charge in [0.05, 0.1) is 10.1 Å². The number of amides is 1. The predicted octanol–water partition coefficient (Wildman–Crippen LogP) is 3.57. The van der Waals surface area contributed by atoms with Crippen LogP contribution in [0.25, 0.3) is 10.1 Å². The number of rotatable bonds is 7. The van der Waals surface area contributed by atoms with E-state index in [9.17, 15) is 9.59 Å². The minimum Gasteiger partial charge on any atom is -0.369 e. The first-order valence-corrected chi connectivity index (χ1v) is 12.1. The van der Waals surface area contributed by atoms with E-state index in [0.29, 0.717) is 11.9 Å². The van der Waals surface area contributed by atoms with Gasteiger partial charge in [-0.15, -0.1) is 0 Å². The van der Waals surface area contributed by atoms with Crippen molar-refractivity contribution in [2.45, 2.75) is 33.2 Å². The molecule has 6 nitrogen and oxygen atoms in total. The zero-order chi connectivity index (χ0) is 22.7. The van der Waals surface area contributed by atoms with Crippen molar-refractivity contribution in [3.63, 3.8) is 0 Å². The molecule has 0 saturated carbocycles. The van der Waals surface area contributed by atoms with Crippen LogP contribution in [0.4, 0.5) is 5.69 Å². The third kappa shape index (κ3) is 4.89.